The molecule has 0 amide bonds. The van der Waals surface area contributed by atoms with Crippen LogP contribution in [0.3, 0.4) is 0 Å². The Balaban J connectivity index is 2.76. The Morgan fingerprint density at radius 1 is 1.28 bits per heavy atom. The number of benzene rings is 1. The highest BCUT2D eigenvalue weighted by Gasteiger charge is 2.09. The number of anilines is 1. The Bertz CT molecular complexity index is 405. The Morgan fingerprint density at radius 3 is 2.28 bits per heavy atom. The van der Waals surface area contributed by atoms with Crippen molar-refractivity contribution in [3.8, 4) is 0 Å². The van der Waals surface area contributed by atoms with Crippen LogP contribution in [-0.2, 0) is 0 Å². The van der Waals surface area contributed by atoms with Crippen molar-refractivity contribution in [3.05, 3.63) is 28.8 Å². The predicted octanol–water partition coefficient (Wildman–Crippen LogP) is 2.67. The molecule has 0 saturated carbocycles. The van der Waals surface area contributed by atoms with Gasteiger partial charge in [-0.05, 0) is 50.5 Å². The second-order valence-corrected chi connectivity index (χ2v) is 5.07. The molecule has 0 spiro atoms. The van der Waals surface area contributed by atoms with E-state index in [-0.39, 0.29) is 12.6 Å². The van der Waals surface area contributed by atoms with Crippen LogP contribution in [0.2, 0.25) is 0 Å². The zero-order valence-electron chi connectivity index (χ0n) is 11.5. The summed E-state index contributed by atoms with van der Waals surface area (Å²) >= 11 is 5.26. The van der Waals surface area contributed by atoms with Crippen molar-refractivity contribution in [2.75, 3.05) is 11.9 Å². The normalized spacial score (nSPS) is 12.1. The molecule has 0 radical (unpaired) electrons. The molecule has 0 bridgehead atoms. The summed E-state index contributed by atoms with van der Waals surface area (Å²) in [5.41, 5.74) is 4.64. The molecular formula is C14H22N2OS. The zero-order chi connectivity index (χ0) is 13.7. The highest BCUT2D eigenvalue weighted by molar-refractivity contribution is 7.80. The van der Waals surface area contributed by atoms with Crippen LogP contribution < -0.4 is 10.6 Å². The number of rotatable bonds is 4. The fourth-order valence-electron chi connectivity index (χ4n) is 1.99. The second-order valence-electron chi connectivity index (χ2n) is 4.66. The summed E-state index contributed by atoms with van der Waals surface area (Å²) in [7, 11) is 0. The number of nitrogens with one attached hydrogen (secondary N) is 2. The van der Waals surface area contributed by atoms with Gasteiger partial charge in [0.15, 0.2) is 5.11 Å². The van der Waals surface area contributed by atoms with Crippen molar-refractivity contribution in [2.45, 2.75) is 40.2 Å². The van der Waals surface area contributed by atoms with Gasteiger partial charge in [0.25, 0.3) is 0 Å². The molecule has 1 atom stereocenters. The fraction of sp³-hybridized carbons (Fsp3) is 0.500. The number of aliphatic hydroxyl groups excluding tert-OH is 1. The summed E-state index contributed by atoms with van der Waals surface area (Å²) < 4.78 is 0. The van der Waals surface area contributed by atoms with Crippen molar-refractivity contribution < 1.29 is 5.11 Å². The molecule has 1 rings (SSSR count). The second kappa shape index (κ2) is 6.71. The van der Waals surface area contributed by atoms with Crippen LogP contribution in [0.4, 0.5) is 5.69 Å². The molecule has 18 heavy (non-hydrogen) atoms. The van der Waals surface area contributed by atoms with Crippen molar-refractivity contribution in [1.82, 2.24) is 5.32 Å². The van der Waals surface area contributed by atoms with E-state index in [2.05, 4.69) is 43.5 Å². The number of hydrogen-bond donors (Lipinski definition) is 3. The minimum atomic E-state index is 0.0102. The maximum absolute atomic E-state index is 9.14. The Hall–Kier alpha value is -1.13. The Morgan fingerprint density at radius 2 is 1.83 bits per heavy atom. The van der Waals surface area contributed by atoms with E-state index in [1.807, 2.05) is 6.92 Å². The molecule has 3 N–H and O–H groups in total. The standard InChI is InChI=1S/C14H22N2OS/c1-5-12(8-17)15-14(18)16-13-10(3)6-9(2)7-11(13)4/h6-7,12,17H,5,8H2,1-4H3,(H2,15,16,18)/t12-/m0/s1. The smallest absolute Gasteiger partial charge is 0.171 e. The fourth-order valence-corrected chi connectivity index (χ4v) is 2.26. The zero-order valence-corrected chi connectivity index (χ0v) is 12.3. The lowest BCUT2D eigenvalue weighted by molar-refractivity contribution is 0.253. The highest BCUT2D eigenvalue weighted by atomic mass is 32.1. The van der Waals surface area contributed by atoms with E-state index in [4.69, 9.17) is 17.3 Å². The molecule has 0 aliphatic heterocycles. The predicted molar refractivity (Wildman–Crippen MR) is 81.2 cm³/mol. The molecular weight excluding hydrogens is 244 g/mol. The molecule has 0 aliphatic rings. The van der Waals surface area contributed by atoms with Gasteiger partial charge in [0.2, 0.25) is 0 Å². The van der Waals surface area contributed by atoms with Gasteiger partial charge < -0.3 is 15.7 Å². The van der Waals surface area contributed by atoms with Gasteiger partial charge in [-0.1, -0.05) is 24.6 Å². The first-order valence-corrected chi connectivity index (χ1v) is 6.65. The third-order valence-electron chi connectivity index (χ3n) is 2.96. The van der Waals surface area contributed by atoms with Crippen LogP contribution in [0.5, 0.6) is 0 Å². The van der Waals surface area contributed by atoms with Crippen molar-refractivity contribution >= 4 is 23.0 Å². The van der Waals surface area contributed by atoms with Gasteiger partial charge in [0.05, 0.1) is 12.6 Å². The number of aliphatic hydroxyl groups is 1. The molecule has 100 valence electrons. The average molecular weight is 266 g/mol. The molecule has 0 fully saturated rings. The maximum Gasteiger partial charge on any atom is 0.171 e. The lowest BCUT2D eigenvalue weighted by Gasteiger charge is -2.19. The molecule has 0 saturated heterocycles. The molecule has 3 nitrogen and oxygen atoms in total. The molecule has 0 aromatic heterocycles. The SMILES string of the molecule is CC[C@@H](CO)NC(=S)Nc1c(C)cc(C)cc1C. The van der Waals surface area contributed by atoms with Crippen LogP contribution in [0.15, 0.2) is 12.1 Å². The van der Waals surface area contributed by atoms with Gasteiger partial charge in [-0.25, -0.2) is 0 Å². The van der Waals surface area contributed by atoms with Crippen LogP contribution in [-0.4, -0.2) is 22.9 Å². The molecule has 4 heteroatoms. The summed E-state index contributed by atoms with van der Waals surface area (Å²) in [4.78, 5) is 0. The molecule has 0 unspecified atom stereocenters. The molecule has 1 aromatic rings. The Kier molecular flexibility index (Phi) is 5.56. The van der Waals surface area contributed by atoms with Gasteiger partial charge in [0.1, 0.15) is 0 Å². The number of hydrogen-bond acceptors (Lipinski definition) is 2. The quantitative estimate of drug-likeness (QED) is 0.733. The van der Waals surface area contributed by atoms with Crippen LogP contribution in [0.1, 0.15) is 30.0 Å². The Labute approximate surface area is 115 Å². The van der Waals surface area contributed by atoms with E-state index in [1.165, 1.54) is 16.7 Å². The van der Waals surface area contributed by atoms with Crippen molar-refractivity contribution in [1.29, 1.82) is 0 Å². The molecule has 0 aliphatic carbocycles. The van der Waals surface area contributed by atoms with Gasteiger partial charge >= 0.3 is 0 Å². The van der Waals surface area contributed by atoms with Crippen molar-refractivity contribution in [2.24, 2.45) is 0 Å². The van der Waals surface area contributed by atoms with Crippen molar-refractivity contribution in [3.63, 3.8) is 0 Å². The summed E-state index contributed by atoms with van der Waals surface area (Å²) in [6, 6.07) is 4.26. The molecule has 1 aromatic carbocycles. The van der Waals surface area contributed by atoms with Gasteiger partial charge in [-0.15, -0.1) is 0 Å². The van der Waals surface area contributed by atoms with Crippen LogP contribution in [0.25, 0.3) is 0 Å². The summed E-state index contributed by atoms with van der Waals surface area (Å²) in [5, 5.41) is 16.0. The van der Waals surface area contributed by atoms with E-state index < -0.39 is 0 Å². The maximum atomic E-state index is 9.14. The third kappa shape index (κ3) is 3.96. The van der Waals surface area contributed by atoms with E-state index in [9.17, 15) is 0 Å². The first kappa shape index (κ1) is 14.9. The first-order valence-electron chi connectivity index (χ1n) is 6.24. The first-order chi connectivity index (χ1) is 8.47. The van der Waals surface area contributed by atoms with Crippen LogP contribution in [0, 0.1) is 20.8 Å². The number of thiocarbonyl (C=S) groups is 1. The van der Waals surface area contributed by atoms with Gasteiger partial charge in [-0.2, -0.15) is 0 Å². The third-order valence-corrected chi connectivity index (χ3v) is 3.18. The highest BCUT2D eigenvalue weighted by Crippen LogP contribution is 2.21. The topological polar surface area (TPSA) is 44.3 Å². The molecule has 0 heterocycles. The minimum absolute atomic E-state index is 0.0102. The minimum Gasteiger partial charge on any atom is -0.394 e. The van der Waals surface area contributed by atoms with Gasteiger partial charge in [-0.3, -0.25) is 0 Å². The van der Waals surface area contributed by atoms with E-state index in [0.29, 0.717) is 5.11 Å². The van der Waals surface area contributed by atoms with Gasteiger partial charge in [0, 0.05) is 5.69 Å². The average Bonchev–Trinajstić information content (AvgIpc) is 2.30. The lowest BCUT2D eigenvalue weighted by Crippen LogP contribution is -2.39. The summed E-state index contributed by atoms with van der Waals surface area (Å²) in [5.74, 6) is 0. The lowest BCUT2D eigenvalue weighted by atomic mass is 10.1. The summed E-state index contributed by atoms with van der Waals surface area (Å²) in [6.07, 6.45) is 0.837. The van der Waals surface area contributed by atoms with Crippen LogP contribution >= 0.6 is 12.2 Å². The largest absolute Gasteiger partial charge is 0.394 e. The number of aryl methyl sites for hydroxylation is 3. The van der Waals surface area contributed by atoms with E-state index >= 15 is 0 Å². The monoisotopic (exact) mass is 266 g/mol. The van der Waals surface area contributed by atoms with E-state index in [0.717, 1.165) is 12.1 Å². The summed E-state index contributed by atoms with van der Waals surface area (Å²) in [6.45, 7) is 8.31. The van der Waals surface area contributed by atoms with E-state index in [1.54, 1.807) is 0 Å².